The van der Waals surface area contributed by atoms with E-state index in [4.69, 9.17) is 0 Å². The molecule has 1 aromatic carbocycles. The first-order chi connectivity index (χ1) is 7.30. The van der Waals surface area contributed by atoms with Crippen molar-refractivity contribution in [3.63, 3.8) is 0 Å². The summed E-state index contributed by atoms with van der Waals surface area (Å²) in [7, 11) is -3.34. The zero-order valence-corrected chi connectivity index (χ0v) is 10.3. The summed E-state index contributed by atoms with van der Waals surface area (Å²) >= 11 is 0. The van der Waals surface area contributed by atoms with Crippen LogP contribution in [0.2, 0.25) is 0 Å². The number of hydrogen-bond acceptors (Lipinski definition) is 3. The highest BCUT2D eigenvalue weighted by atomic mass is 32.2. The van der Waals surface area contributed by atoms with Crippen LogP contribution in [0, 0.1) is 6.92 Å². The molecular formula is C11H15NO3S. The van der Waals surface area contributed by atoms with Gasteiger partial charge in [0.15, 0.2) is 9.84 Å². The van der Waals surface area contributed by atoms with Crippen molar-refractivity contribution in [3.05, 3.63) is 29.8 Å². The van der Waals surface area contributed by atoms with E-state index in [1.54, 1.807) is 18.2 Å². The van der Waals surface area contributed by atoms with Gasteiger partial charge < -0.3 is 5.32 Å². The van der Waals surface area contributed by atoms with Crippen molar-refractivity contribution in [1.29, 1.82) is 0 Å². The Morgan fingerprint density at radius 2 is 2.00 bits per heavy atom. The molecule has 16 heavy (non-hydrogen) atoms. The van der Waals surface area contributed by atoms with Gasteiger partial charge in [-0.05, 0) is 31.5 Å². The van der Waals surface area contributed by atoms with Crippen LogP contribution in [0.1, 0.15) is 12.5 Å². The lowest BCUT2D eigenvalue weighted by Crippen LogP contribution is -2.31. The molecule has 0 aliphatic carbocycles. The molecule has 1 aromatic rings. The van der Waals surface area contributed by atoms with E-state index in [1.807, 2.05) is 13.0 Å². The van der Waals surface area contributed by atoms with Crippen molar-refractivity contribution in [2.75, 3.05) is 11.6 Å². The predicted molar refractivity (Wildman–Crippen MR) is 64.1 cm³/mol. The van der Waals surface area contributed by atoms with Crippen LogP contribution in [0.3, 0.4) is 0 Å². The quantitative estimate of drug-likeness (QED) is 0.869. The summed E-state index contributed by atoms with van der Waals surface area (Å²) in [4.78, 5) is 11.6. The molecule has 0 bridgehead atoms. The van der Waals surface area contributed by atoms with E-state index in [-0.39, 0.29) is 0 Å². The summed E-state index contributed by atoms with van der Waals surface area (Å²) in [5.41, 5.74) is 1.62. The maximum atomic E-state index is 11.6. The number of benzene rings is 1. The Labute approximate surface area is 95.6 Å². The first kappa shape index (κ1) is 12.7. The van der Waals surface area contributed by atoms with E-state index in [2.05, 4.69) is 5.32 Å². The minimum atomic E-state index is -3.34. The van der Waals surface area contributed by atoms with Gasteiger partial charge in [0.1, 0.15) is 5.25 Å². The van der Waals surface area contributed by atoms with Crippen molar-refractivity contribution < 1.29 is 13.2 Å². The number of aryl methyl sites for hydroxylation is 1. The Hall–Kier alpha value is -1.36. The lowest BCUT2D eigenvalue weighted by Gasteiger charge is -2.10. The molecule has 0 aromatic heterocycles. The Bertz CT molecular complexity index is 494. The summed E-state index contributed by atoms with van der Waals surface area (Å²) in [5.74, 6) is -0.506. The summed E-state index contributed by atoms with van der Waals surface area (Å²) in [6.07, 6.45) is 1.05. The second-order valence-electron chi connectivity index (χ2n) is 3.83. The minimum absolute atomic E-state index is 0.506. The maximum absolute atomic E-state index is 11.6. The monoisotopic (exact) mass is 241 g/mol. The maximum Gasteiger partial charge on any atom is 0.242 e. The predicted octanol–water partition coefficient (Wildman–Crippen LogP) is 1.37. The second-order valence-corrected chi connectivity index (χ2v) is 6.20. The van der Waals surface area contributed by atoms with Gasteiger partial charge in [0.25, 0.3) is 0 Å². The molecule has 0 heterocycles. The molecule has 1 rings (SSSR count). The molecular weight excluding hydrogens is 226 g/mol. The van der Waals surface area contributed by atoms with Crippen molar-refractivity contribution in [1.82, 2.24) is 0 Å². The molecule has 0 fully saturated rings. The van der Waals surface area contributed by atoms with Crippen LogP contribution in [-0.2, 0) is 14.6 Å². The summed E-state index contributed by atoms with van der Waals surface area (Å²) in [6, 6.07) is 7.21. The highest BCUT2D eigenvalue weighted by Crippen LogP contribution is 2.11. The highest BCUT2D eigenvalue weighted by molar-refractivity contribution is 7.92. The van der Waals surface area contributed by atoms with Crippen LogP contribution < -0.4 is 5.32 Å². The fourth-order valence-corrected chi connectivity index (χ4v) is 1.61. The van der Waals surface area contributed by atoms with Crippen LogP contribution >= 0.6 is 0 Å². The number of amides is 1. The number of anilines is 1. The topological polar surface area (TPSA) is 63.2 Å². The Kier molecular flexibility index (Phi) is 3.70. The fourth-order valence-electron chi connectivity index (χ4n) is 1.16. The van der Waals surface area contributed by atoms with E-state index in [9.17, 15) is 13.2 Å². The second kappa shape index (κ2) is 4.65. The smallest absolute Gasteiger partial charge is 0.242 e. The lowest BCUT2D eigenvalue weighted by atomic mass is 10.2. The third-order valence-electron chi connectivity index (χ3n) is 2.30. The molecule has 0 unspecified atom stereocenters. The fraction of sp³-hybridized carbons (Fsp3) is 0.364. The number of rotatable bonds is 3. The number of sulfone groups is 1. The Balaban J connectivity index is 2.80. The zero-order valence-electron chi connectivity index (χ0n) is 9.52. The summed E-state index contributed by atoms with van der Waals surface area (Å²) < 4.78 is 22.3. The van der Waals surface area contributed by atoms with Gasteiger partial charge in [0.2, 0.25) is 5.91 Å². The van der Waals surface area contributed by atoms with Crippen molar-refractivity contribution in [2.45, 2.75) is 19.1 Å². The van der Waals surface area contributed by atoms with Crippen LogP contribution in [0.25, 0.3) is 0 Å². The van der Waals surface area contributed by atoms with Crippen molar-refractivity contribution in [3.8, 4) is 0 Å². The van der Waals surface area contributed by atoms with E-state index >= 15 is 0 Å². The molecule has 0 spiro atoms. The zero-order chi connectivity index (χ0) is 12.3. The van der Waals surface area contributed by atoms with Crippen LogP contribution in [0.5, 0.6) is 0 Å². The molecule has 5 heteroatoms. The molecule has 0 aliphatic heterocycles. The van der Waals surface area contributed by atoms with Gasteiger partial charge in [-0.2, -0.15) is 0 Å². The Morgan fingerprint density at radius 3 is 2.50 bits per heavy atom. The molecule has 1 N–H and O–H groups in total. The summed E-state index contributed by atoms with van der Waals surface area (Å²) in [5, 5.41) is 1.54. The molecule has 0 radical (unpaired) electrons. The van der Waals surface area contributed by atoms with Crippen molar-refractivity contribution >= 4 is 21.4 Å². The number of hydrogen-bond donors (Lipinski definition) is 1. The normalized spacial score (nSPS) is 13.2. The van der Waals surface area contributed by atoms with Gasteiger partial charge in [0.05, 0.1) is 0 Å². The van der Waals surface area contributed by atoms with E-state index < -0.39 is 21.0 Å². The molecule has 0 saturated carbocycles. The minimum Gasteiger partial charge on any atom is -0.325 e. The number of carbonyl (C=O) groups excluding carboxylic acids is 1. The van der Waals surface area contributed by atoms with Crippen LogP contribution in [0.4, 0.5) is 5.69 Å². The third kappa shape index (κ3) is 3.34. The highest BCUT2D eigenvalue weighted by Gasteiger charge is 2.23. The van der Waals surface area contributed by atoms with Gasteiger partial charge in [-0.1, -0.05) is 12.1 Å². The molecule has 0 aliphatic rings. The molecule has 1 atom stereocenters. The molecule has 1 amide bonds. The molecule has 88 valence electrons. The SMILES string of the molecule is Cc1cccc(NC(=O)[C@H](C)S(C)(=O)=O)c1. The average molecular weight is 241 g/mol. The largest absolute Gasteiger partial charge is 0.325 e. The standard InChI is InChI=1S/C11H15NO3S/c1-8-5-4-6-10(7-8)12-11(13)9(2)16(3,14)15/h4-7,9H,1-3H3,(H,12,13)/t9-/m0/s1. The number of nitrogens with one attached hydrogen (secondary N) is 1. The first-order valence-electron chi connectivity index (χ1n) is 4.87. The van der Waals surface area contributed by atoms with Gasteiger partial charge >= 0.3 is 0 Å². The van der Waals surface area contributed by atoms with Crippen LogP contribution in [0.15, 0.2) is 24.3 Å². The third-order valence-corrected chi connectivity index (χ3v) is 3.80. The van der Waals surface area contributed by atoms with Gasteiger partial charge in [-0.15, -0.1) is 0 Å². The van der Waals surface area contributed by atoms with Gasteiger partial charge in [-0.25, -0.2) is 8.42 Å². The first-order valence-corrected chi connectivity index (χ1v) is 6.82. The Morgan fingerprint density at radius 1 is 1.38 bits per heavy atom. The van der Waals surface area contributed by atoms with E-state index in [0.717, 1.165) is 11.8 Å². The van der Waals surface area contributed by atoms with Gasteiger partial charge in [-0.3, -0.25) is 4.79 Å². The lowest BCUT2D eigenvalue weighted by molar-refractivity contribution is -0.115. The summed E-state index contributed by atoms with van der Waals surface area (Å²) in [6.45, 7) is 3.27. The number of carbonyl (C=O) groups is 1. The van der Waals surface area contributed by atoms with Crippen LogP contribution in [-0.4, -0.2) is 25.8 Å². The molecule has 4 nitrogen and oxygen atoms in total. The molecule has 0 saturated heterocycles. The van der Waals surface area contributed by atoms with E-state index in [0.29, 0.717) is 5.69 Å². The average Bonchev–Trinajstić information content (AvgIpc) is 2.15. The van der Waals surface area contributed by atoms with E-state index in [1.165, 1.54) is 6.92 Å². The van der Waals surface area contributed by atoms with Gasteiger partial charge in [0, 0.05) is 11.9 Å². The van der Waals surface area contributed by atoms with Crippen molar-refractivity contribution in [2.24, 2.45) is 0 Å².